The van der Waals surface area contributed by atoms with E-state index in [-0.39, 0.29) is 6.04 Å². The predicted octanol–water partition coefficient (Wildman–Crippen LogP) is 5.15. The Balaban J connectivity index is 1.62. The lowest BCUT2D eigenvalue weighted by molar-refractivity contribution is 0.513. The number of H-pyrrole nitrogens is 1. The number of aryl methyl sites for hydroxylation is 1. The second kappa shape index (κ2) is 7.04. The van der Waals surface area contributed by atoms with Crippen LogP contribution in [0.1, 0.15) is 30.8 Å². The van der Waals surface area contributed by atoms with Crippen molar-refractivity contribution in [2.45, 2.75) is 26.3 Å². The quantitative estimate of drug-likeness (QED) is 0.493. The highest BCUT2D eigenvalue weighted by molar-refractivity contribution is 6.32. The first-order chi connectivity index (χ1) is 14.0. The lowest BCUT2D eigenvalue weighted by atomic mass is 10.0. The number of hydrogen-bond acceptors (Lipinski definition) is 4. The first kappa shape index (κ1) is 18.5. The van der Waals surface area contributed by atoms with Gasteiger partial charge in [-0.25, -0.2) is 4.98 Å². The molecule has 1 radical (unpaired) electrons. The molecule has 0 amide bonds. The number of nitrogens with one attached hydrogen (secondary N) is 1. The topological polar surface area (TPSA) is 62.6 Å². The fraction of sp³-hybridized carbons (Fsp3) is 0.286. The standard InChI is InChI=1S/C21H19Cl2N6/c1-12-5-8-28(19-10-14(22)3-4-18(19)29-24-6-7-25-29)20(12)21-26-16-9-13(2)15(23)11-17(16)27-21/h3,6-7,9-12,20H,5,8H2,1-2H3,(H,26,27)/t12-,20-/m0/s1. The van der Waals surface area contributed by atoms with Crippen molar-refractivity contribution in [1.29, 1.82) is 0 Å². The largest absolute Gasteiger partial charge is 0.359 e. The number of imidazole rings is 1. The third-order valence-corrected chi connectivity index (χ3v) is 6.18. The first-order valence-electron chi connectivity index (χ1n) is 9.51. The van der Waals surface area contributed by atoms with E-state index in [1.165, 1.54) is 0 Å². The Kier molecular flexibility index (Phi) is 4.48. The summed E-state index contributed by atoms with van der Waals surface area (Å²) in [7, 11) is 0. The second-order valence-electron chi connectivity index (χ2n) is 7.52. The predicted molar refractivity (Wildman–Crippen MR) is 115 cm³/mol. The van der Waals surface area contributed by atoms with E-state index < -0.39 is 0 Å². The molecule has 1 fully saturated rings. The monoisotopic (exact) mass is 425 g/mol. The molecular formula is C21H19Cl2N6. The van der Waals surface area contributed by atoms with Gasteiger partial charge >= 0.3 is 0 Å². The number of benzene rings is 2. The van der Waals surface area contributed by atoms with Crippen LogP contribution in [0, 0.1) is 18.9 Å². The third kappa shape index (κ3) is 3.16. The summed E-state index contributed by atoms with van der Waals surface area (Å²) >= 11 is 12.6. The van der Waals surface area contributed by atoms with Crippen molar-refractivity contribution >= 4 is 39.9 Å². The van der Waals surface area contributed by atoms with Gasteiger partial charge in [0, 0.05) is 22.7 Å². The van der Waals surface area contributed by atoms with Crippen LogP contribution in [0.3, 0.4) is 0 Å². The Labute approximate surface area is 178 Å². The summed E-state index contributed by atoms with van der Waals surface area (Å²) in [6.45, 7) is 5.12. The Bertz CT molecular complexity index is 1140. The Morgan fingerprint density at radius 2 is 1.97 bits per heavy atom. The molecule has 3 heterocycles. The van der Waals surface area contributed by atoms with Gasteiger partial charge in [0.15, 0.2) is 0 Å². The minimum absolute atomic E-state index is 0.0719. The van der Waals surface area contributed by atoms with E-state index in [1.54, 1.807) is 23.3 Å². The average molecular weight is 426 g/mol. The maximum absolute atomic E-state index is 6.34. The summed E-state index contributed by atoms with van der Waals surface area (Å²) in [4.78, 5) is 12.3. The van der Waals surface area contributed by atoms with E-state index >= 15 is 0 Å². The van der Waals surface area contributed by atoms with Crippen molar-refractivity contribution in [3.8, 4) is 5.69 Å². The molecule has 2 atom stereocenters. The van der Waals surface area contributed by atoms with Gasteiger partial charge in [-0.3, -0.25) is 0 Å². The molecule has 0 bridgehead atoms. The fourth-order valence-electron chi connectivity index (χ4n) is 4.10. The zero-order valence-corrected chi connectivity index (χ0v) is 17.5. The molecule has 1 aliphatic rings. The van der Waals surface area contributed by atoms with E-state index in [4.69, 9.17) is 28.2 Å². The van der Waals surface area contributed by atoms with Crippen LogP contribution in [0.4, 0.5) is 5.69 Å². The molecule has 0 unspecified atom stereocenters. The van der Waals surface area contributed by atoms with Gasteiger partial charge in [-0.15, -0.1) is 4.80 Å². The molecule has 2 aromatic heterocycles. The van der Waals surface area contributed by atoms with Crippen molar-refractivity contribution in [2.24, 2.45) is 5.92 Å². The fourth-order valence-corrected chi connectivity index (χ4v) is 4.41. The van der Waals surface area contributed by atoms with E-state index in [0.717, 1.165) is 51.8 Å². The van der Waals surface area contributed by atoms with Gasteiger partial charge in [0.25, 0.3) is 0 Å². The van der Waals surface area contributed by atoms with Crippen molar-refractivity contribution < 1.29 is 0 Å². The van der Waals surface area contributed by atoms with Crippen LogP contribution in [0.15, 0.2) is 36.7 Å². The van der Waals surface area contributed by atoms with Gasteiger partial charge in [0.1, 0.15) is 11.5 Å². The number of aromatic nitrogens is 5. The molecular weight excluding hydrogens is 407 g/mol. The van der Waals surface area contributed by atoms with Crippen molar-refractivity contribution in [3.05, 3.63) is 64.2 Å². The van der Waals surface area contributed by atoms with Gasteiger partial charge in [0.2, 0.25) is 0 Å². The van der Waals surface area contributed by atoms with Crippen molar-refractivity contribution in [3.63, 3.8) is 0 Å². The number of halogens is 2. The van der Waals surface area contributed by atoms with Gasteiger partial charge < -0.3 is 9.88 Å². The van der Waals surface area contributed by atoms with Crippen LogP contribution >= 0.6 is 23.2 Å². The smallest absolute Gasteiger partial charge is 0.130 e. The molecule has 8 heteroatoms. The minimum Gasteiger partial charge on any atom is -0.359 e. The highest BCUT2D eigenvalue weighted by Crippen LogP contribution is 2.42. The molecule has 6 nitrogen and oxygen atoms in total. The SMILES string of the molecule is Cc1cc2[nH]c([C@@H]3[C@@H](C)CCN3c3cc(Cl)c[c]c3-n3nccn3)nc2cc1Cl. The summed E-state index contributed by atoms with van der Waals surface area (Å²) in [6, 6.07) is 11.0. The van der Waals surface area contributed by atoms with Crippen molar-refractivity contribution in [2.75, 3.05) is 11.4 Å². The molecule has 0 aliphatic carbocycles. The van der Waals surface area contributed by atoms with E-state index in [2.05, 4.69) is 33.1 Å². The van der Waals surface area contributed by atoms with Crippen molar-refractivity contribution in [1.82, 2.24) is 25.0 Å². The van der Waals surface area contributed by atoms with Gasteiger partial charge in [-0.1, -0.05) is 30.1 Å². The van der Waals surface area contributed by atoms with Crippen LogP contribution in [0.5, 0.6) is 0 Å². The van der Waals surface area contributed by atoms with Gasteiger partial charge in [-0.05, 0) is 49.1 Å². The molecule has 1 N–H and O–H groups in total. The molecule has 0 spiro atoms. The second-order valence-corrected chi connectivity index (χ2v) is 8.36. The number of nitrogens with zero attached hydrogens (tertiary/aromatic N) is 5. The number of rotatable bonds is 3. The first-order valence-corrected chi connectivity index (χ1v) is 10.3. The van der Waals surface area contributed by atoms with Crippen LogP contribution in [0.2, 0.25) is 10.0 Å². The number of aromatic amines is 1. The maximum Gasteiger partial charge on any atom is 0.130 e. The molecule has 4 aromatic rings. The molecule has 2 aromatic carbocycles. The third-order valence-electron chi connectivity index (χ3n) is 5.55. The summed E-state index contributed by atoms with van der Waals surface area (Å²) < 4.78 is 0. The average Bonchev–Trinajstić information content (AvgIpc) is 3.42. The van der Waals surface area contributed by atoms with E-state index in [1.807, 2.05) is 25.1 Å². The minimum atomic E-state index is 0.0719. The molecule has 29 heavy (non-hydrogen) atoms. The molecule has 5 rings (SSSR count). The summed E-state index contributed by atoms with van der Waals surface area (Å²) in [5.74, 6) is 1.33. The lowest BCUT2D eigenvalue weighted by Gasteiger charge is -2.29. The van der Waals surface area contributed by atoms with Crippen LogP contribution in [-0.4, -0.2) is 31.5 Å². The number of hydrogen-bond donors (Lipinski definition) is 1. The van der Waals surface area contributed by atoms with Crippen LogP contribution in [0.25, 0.3) is 16.7 Å². The Hall–Kier alpha value is -2.57. The molecule has 0 saturated carbocycles. The zero-order valence-electron chi connectivity index (χ0n) is 16.0. The highest BCUT2D eigenvalue weighted by Gasteiger charge is 2.36. The summed E-state index contributed by atoms with van der Waals surface area (Å²) in [5, 5.41) is 9.92. The summed E-state index contributed by atoms with van der Waals surface area (Å²) in [5.41, 5.74) is 4.61. The molecule has 147 valence electrons. The number of fused-ring (bicyclic) bond motifs is 1. The van der Waals surface area contributed by atoms with Crippen LogP contribution in [-0.2, 0) is 0 Å². The van der Waals surface area contributed by atoms with Gasteiger partial charge in [-0.2, -0.15) is 10.2 Å². The van der Waals surface area contributed by atoms with E-state index in [0.29, 0.717) is 10.9 Å². The summed E-state index contributed by atoms with van der Waals surface area (Å²) in [6.07, 6.45) is 4.35. The maximum atomic E-state index is 6.34. The lowest BCUT2D eigenvalue weighted by Crippen LogP contribution is -2.27. The van der Waals surface area contributed by atoms with Gasteiger partial charge in [0.05, 0.1) is 35.2 Å². The molecule has 1 saturated heterocycles. The normalized spacial score (nSPS) is 19.4. The Morgan fingerprint density at radius 1 is 1.17 bits per heavy atom. The van der Waals surface area contributed by atoms with Crippen LogP contribution < -0.4 is 4.90 Å². The number of anilines is 1. The van der Waals surface area contributed by atoms with E-state index in [9.17, 15) is 0 Å². The molecule has 1 aliphatic heterocycles. The highest BCUT2D eigenvalue weighted by atomic mass is 35.5. The zero-order chi connectivity index (χ0) is 20.1. The Morgan fingerprint density at radius 3 is 2.76 bits per heavy atom.